The van der Waals surface area contributed by atoms with Gasteiger partial charge in [-0.25, -0.2) is 0 Å². The predicted octanol–water partition coefficient (Wildman–Crippen LogP) is 3.73. The summed E-state index contributed by atoms with van der Waals surface area (Å²) < 4.78 is 11.3. The van der Waals surface area contributed by atoms with Crippen molar-refractivity contribution in [1.82, 2.24) is 20.7 Å². The molecular formula is C28H26N4O6S4. The Labute approximate surface area is 261 Å². The van der Waals surface area contributed by atoms with E-state index in [-0.39, 0.29) is 37.7 Å². The van der Waals surface area contributed by atoms with Crippen LogP contribution in [-0.2, 0) is 19.2 Å². The highest BCUT2D eigenvalue weighted by Gasteiger charge is 2.33. The number of carbonyl (C=O) groups excluding carboxylic acids is 4. The van der Waals surface area contributed by atoms with Crippen molar-refractivity contribution in [2.24, 2.45) is 0 Å². The molecule has 0 aromatic heterocycles. The van der Waals surface area contributed by atoms with E-state index in [2.05, 4.69) is 10.9 Å². The number of thioether (sulfide) groups is 2. The number of thiocarbonyl (C=S) groups is 2. The van der Waals surface area contributed by atoms with Crippen LogP contribution in [0.5, 0.6) is 11.5 Å². The highest BCUT2D eigenvalue weighted by atomic mass is 32.2. The largest absolute Gasteiger partial charge is 0.496 e. The van der Waals surface area contributed by atoms with E-state index in [0.717, 1.165) is 34.7 Å². The van der Waals surface area contributed by atoms with E-state index in [0.29, 0.717) is 30.0 Å². The van der Waals surface area contributed by atoms with E-state index >= 15 is 0 Å². The van der Waals surface area contributed by atoms with Crippen LogP contribution in [0.3, 0.4) is 0 Å². The number of nitrogens with one attached hydrogen (secondary N) is 2. The Morgan fingerprint density at radius 3 is 1.50 bits per heavy atom. The number of nitrogens with zero attached hydrogens (tertiary/aromatic N) is 2. The lowest BCUT2D eigenvalue weighted by Gasteiger charge is -2.15. The molecule has 218 valence electrons. The fourth-order valence-corrected chi connectivity index (χ4v) is 6.53. The van der Waals surface area contributed by atoms with Gasteiger partial charge in [-0.1, -0.05) is 84.4 Å². The minimum atomic E-state index is -0.503. The summed E-state index contributed by atoms with van der Waals surface area (Å²) in [6.45, 7) is 0.0927. The van der Waals surface area contributed by atoms with Crippen LogP contribution in [0.2, 0.25) is 0 Å². The molecule has 0 unspecified atom stereocenters. The van der Waals surface area contributed by atoms with Gasteiger partial charge < -0.3 is 9.47 Å². The maximum absolute atomic E-state index is 12.9. The zero-order valence-corrected chi connectivity index (χ0v) is 25.8. The molecule has 0 atom stereocenters. The Kier molecular flexibility index (Phi) is 10.7. The number of hydrogen-bond acceptors (Lipinski definition) is 10. The first-order chi connectivity index (χ1) is 20.2. The number of hydrazine groups is 1. The molecule has 0 saturated carbocycles. The Hall–Kier alpha value is -3.72. The van der Waals surface area contributed by atoms with Crippen LogP contribution in [0, 0.1) is 0 Å². The first-order valence-electron chi connectivity index (χ1n) is 12.6. The second kappa shape index (κ2) is 14.4. The smallest absolute Gasteiger partial charge is 0.266 e. The SMILES string of the molecule is COc1ccccc1C=C1SC(=S)N(CCC(=O)NNC(=O)CCN2C(=O)C(=Cc3ccccc3OC)SC2=S)C1=O. The molecule has 2 aromatic rings. The quantitative estimate of drug-likeness (QED) is 0.226. The van der Waals surface area contributed by atoms with Crippen molar-refractivity contribution < 1.29 is 28.7 Å². The topological polar surface area (TPSA) is 117 Å². The van der Waals surface area contributed by atoms with Gasteiger partial charge in [-0.2, -0.15) is 0 Å². The number of amides is 4. The summed E-state index contributed by atoms with van der Waals surface area (Å²) in [5.41, 5.74) is 6.13. The summed E-state index contributed by atoms with van der Waals surface area (Å²) in [6, 6.07) is 14.6. The van der Waals surface area contributed by atoms with E-state index in [9.17, 15) is 19.2 Å². The molecule has 0 bridgehead atoms. The molecule has 2 aromatic carbocycles. The number of rotatable bonds is 10. The Morgan fingerprint density at radius 1 is 0.738 bits per heavy atom. The molecular weight excluding hydrogens is 617 g/mol. The van der Waals surface area contributed by atoms with Crippen LogP contribution in [0.25, 0.3) is 12.2 Å². The van der Waals surface area contributed by atoms with Gasteiger partial charge >= 0.3 is 0 Å². The zero-order chi connectivity index (χ0) is 30.2. The second-order valence-corrected chi connectivity index (χ2v) is 12.1. The summed E-state index contributed by atoms with van der Waals surface area (Å²) in [5.74, 6) is -0.380. The number of benzene rings is 2. The molecule has 14 heteroatoms. The fraction of sp³-hybridized carbons (Fsp3) is 0.214. The van der Waals surface area contributed by atoms with Crippen molar-refractivity contribution in [3.05, 3.63) is 69.5 Å². The molecule has 10 nitrogen and oxygen atoms in total. The van der Waals surface area contributed by atoms with E-state index in [1.165, 1.54) is 9.80 Å². The molecule has 2 heterocycles. The average molecular weight is 643 g/mol. The molecule has 0 aliphatic carbocycles. The Balaban J connectivity index is 1.23. The minimum absolute atomic E-state index is 0.0463. The standard InChI is InChI=1S/C28H26N4O6S4/c1-37-19-9-5-3-7-17(19)15-21-25(35)31(27(39)41-21)13-11-23(33)29-30-24(34)12-14-32-26(36)22(42-28(32)40)16-18-8-4-6-10-20(18)38-2/h3-10,15-16H,11-14H2,1-2H3,(H,29,33)(H,30,34). The van der Waals surface area contributed by atoms with Gasteiger partial charge in [0.2, 0.25) is 11.8 Å². The highest BCUT2D eigenvalue weighted by molar-refractivity contribution is 8.27. The van der Waals surface area contributed by atoms with Gasteiger partial charge in [0.1, 0.15) is 20.1 Å². The van der Waals surface area contributed by atoms with Crippen LogP contribution in [0.15, 0.2) is 58.3 Å². The van der Waals surface area contributed by atoms with Gasteiger partial charge in [-0.15, -0.1) is 0 Å². The lowest BCUT2D eigenvalue weighted by molar-refractivity contribution is -0.130. The Morgan fingerprint density at radius 2 is 1.12 bits per heavy atom. The third-order valence-corrected chi connectivity index (χ3v) is 8.82. The number of carbonyl (C=O) groups is 4. The van der Waals surface area contributed by atoms with E-state index < -0.39 is 11.8 Å². The lowest BCUT2D eigenvalue weighted by Crippen LogP contribution is -2.44. The molecule has 4 amide bonds. The zero-order valence-electron chi connectivity index (χ0n) is 22.6. The lowest BCUT2D eigenvalue weighted by atomic mass is 10.2. The van der Waals surface area contributed by atoms with Crippen molar-refractivity contribution in [1.29, 1.82) is 0 Å². The summed E-state index contributed by atoms with van der Waals surface area (Å²) in [4.78, 5) is 54.0. The molecule has 2 N–H and O–H groups in total. The van der Waals surface area contributed by atoms with Crippen molar-refractivity contribution in [3.8, 4) is 11.5 Å². The molecule has 0 spiro atoms. The summed E-state index contributed by atoms with van der Waals surface area (Å²) >= 11 is 13.0. The highest BCUT2D eigenvalue weighted by Crippen LogP contribution is 2.35. The van der Waals surface area contributed by atoms with Gasteiger partial charge in [0.15, 0.2) is 0 Å². The van der Waals surface area contributed by atoms with E-state index in [1.807, 2.05) is 36.4 Å². The monoisotopic (exact) mass is 642 g/mol. The molecule has 2 fully saturated rings. The minimum Gasteiger partial charge on any atom is -0.496 e. The summed E-state index contributed by atoms with van der Waals surface area (Å²) in [5, 5.41) is 0. The molecule has 42 heavy (non-hydrogen) atoms. The van der Waals surface area contributed by atoms with Crippen LogP contribution < -0.4 is 20.3 Å². The molecule has 2 aliphatic heterocycles. The summed E-state index contributed by atoms with van der Waals surface area (Å²) in [7, 11) is 3.10. The molecule has 2 aliphatic rings. The maximum atomic E-state index is 12.9. The normalized spacial score (nSPS) is 16.9. The van der Waals surface area contributed by atoms with Gasteiger partial charge in [-0.05, 0) is 24.3 Å². The van der Waals surface area contributed by atoms with Crippen molar-refractivity contribution in [3.63, 3.8) is 0 Å². The van der Waals surface area contributed by atoms with Crippen LogP contribution >= 0.6 is 48.0 Å². The molecule has 4 rings (SSSR count). The van der Waals surface area contributed by atoms with Gasteiger partial charge in [0.05, 0.1) is 24.0 Å². The van der Waals surface area contributed by atoms with Crippen molar-refractivity contribution in [2.75, 3.05) is 27.3 Å². The fourth-order valence-electron chi connectivity index (χ4n) is 3.93. The third kappa shape index (κ3) is 7.56. The van der Waals surface area contributed by atoms with Crippen LogP contribution in [0.1, 0.15) is 24.0 Å². The first-order valence-corrected chi connectivity index (χ1v) is 15.0. The predicted molar refractivity (Wildman–Crippen MR) is 171 cm³/mol. The second-order valence-electron chi connectivity index (χ2n) is 8.75. The Bertz CT molecular complexity index is 1400. The van der Waals surface area contributed by atoms with Crippen LogP contribution in [-0.4, -0.2) is 69.4 Å². The number of hydrogen-bond donors (Lipinski definition) is 2. The molecule has 2 saturated heterocycles. The first kappa shape index (κ1) is 31.2. The number of para-hydroxylation sites is 2. The van der Waals surface area contributed by atoms with Gasteiger partial charge in [-0.3, -0.25) is 39.8 Å². The van der Waals surface area contributed by atoms with Crippen LogP contribution in [0.4, 0.5) is 0 Å². The summed E-state index contributed by atoms with van der Waals surface area (Å²) in [6.07, 6.45) is 3.23. The van der Waals surface area contributed by atoms with E-state index in [4.69, 9.17) is 33.9 Å². The van der Waals surface area contributed by atoms with Crippen molar-refractivity contribution in [2.45, 2.75) is 12.8 Å². The van der Waals surface area contributed by atoms with Gasteiger partial charge in [0, 0.05) is 37.1 Å². The third-order valence-electron chi connectivity index (χ3n) is 6.06. The average Bonchev–Trinajstić information content (AvgIpc) is 3.41. The molecule has 0 radical (unpaired) electrons. The number of ether oxygens (including phenoxy) is 2. The number of methoxy groups -OCH3 is 2. The van der Waals surface area contributed by atoms with E-state index in [1.54, 1.807) is 38.5 Å². The maximum Gasteiger partial charge on any atom is 0.266 e. The van der Waals surface area contributed by atoms with Gasteiger partial charge in [0.25, 0.3) is 11.8 Å². The van der Waals surface area contributed by atoms with Crippen molar-refractivity contribution >= 4 is 92.4 Å².